The third-order valence-corrected chi connectivity index (χ3v) is 2.27. The lowest BCUT2D eigenvalue weighted by atomic mass is 10.0. The van der Waals surface area contributed by atoms with Crippen LogP contribution in [0.5, 0.6) is 0 Å². The molecule has 0 aromatic heterocycles. The molecule has 0 rings (SSSR count). The van der Waals surface area contributed by atoms with Crippen LogP contribution in [0.2, 0.25) is 0 Å². The van der Waals surface area contributed by atoms with Crippen molar-refractivity contribution < 1.29 is 19.8 Å². The van der Waals surface area contributed by atoms with Crippen LogP contribution in [0.3, 0.4) is 0 Å². The number of hydrogen-bond donors (Lipinski definition) is 3. The lowest BCUT2D eigenvalue weighted by Gasteiger charge is -2.24. The summed E-state index contributed by atoms with van der Waals surface area (Å²) >= 11 is 0. The highest BCUT2D eigenvalue weighted by Crippen LogP contribution is 2.07. The van der Waals surface area contributed by atoms with Gasteiger partial charge in [0.05, 0.1) is 24.0 Å². The van der Waals surface area contributed by atoms with E-state index in [1.54, 1.807) is 6.92 Å². The molecule has 2 atom stereocenters. The van der Waals surface area contributed by atoms with Gasteiger partial charge in [-0.1, -0.05) is 0 Å². The molecular weight excluding hydrogens is 238 g/mol. The first kappa shape index (κ1) is 16.2. The van der Waals surface area contributed by atoms with Gasteiger partial charge in [0.1, 0.15) is 0 Å². The number of amides is 2. The molecule has 7 heteroatoms. The van der Waals surface area contributed by atoms with Gasteiger partial charge in [0, 0.05) is 20.1 Å². The summed E-state index contributed by atoms with van der Waals surface area (Å²) in [6.45, 7) is 3.12. The SMILES string of the molecule is CC(C#N)CN(C)C(=O)NCC(C)(O)CC(=O)O. The molecule has 102 valence electrons. The van der Waals surface area contributed by atoms with E-state index in [0.717, 1.165) is 0 Å². The van der Waals surface area contributed by atoms with E-state index in [2.05, 4.69) is 5.32 Å². The molecule has 2 unspecified atom stereocenters. The minimum absolute atomic E-state index is 0.163. The molecule has 7 nitrogen and oxygen atoms in total. The van der Waals surface area contributed by atoms with Gasteiger partial charge in [-0.05, 0) is 13.8 Å². The Labute approximate surface area is 106 Å². The summed E-state index contributed by atoms with van der Waals surface area (Å²) < 4.78 is 0. The summed E-state index contributed by atoms with van der Waals surface area (Å²) in [5, 5.41) is 29.3. The van der Waals surface area contributed by atoms with Gasteiger partial charge in [0.25, 0.3) is 0 Å². The highest BCUT2D eigenvalue weighted by Gasteiger charge is 2.25. The van der Waals surface area contributed by atoms with E-state index in [-0.39, 0.29) is 19.0 Å². The van der Waals surface area contributed by atoms with Crippen molar-refractivity contribution in [3.63, 3.8) is 0 Å². The number of rotatable bonds is 6. The Hall–Kier alpha value is -1.81. The van der Waals surface area contributed by atoms with Crippen LogP contribution < -0.4 is 5.32 Å². The van der Waals surface area contributed by atoms with Crippen LogP contribution in [0.4, 0.5) is 4.79 Å². The lowest BCUT2D eigenvalue weighted by Crippen LogP contribution is -2.47. The number of nitrogens with one attached hydrogen (secondary N) is 1. The molecule has 0 aliphatic heterocycles. The van der Waals surface area contributed by atoms with Gasteiger partial charge in [-0.2, -0.15) is 5.26 Å². The Morgan fingerprint density at radius 2 is 2.11 bits per heavy atom. The van der Waals surface area contributed by atoms with Gasteiger partial charge in [0.2, 0.25) is 0 Å². The zero-order valence-corrected chi connectivity index (χ0v) is 10.8. The number of carboxylic acid groups (broad SMARTS) is 1. The van der Waals surface area contributed by atoms with Crippen molar-refractivity contribution in [3.05, 3.63) is 0 Å². The summed E-state index contributed by atoms with van der Waals surface area (Å²) in [6, 6.07) is 1.54. The Kier molecular flexibility index (Phi) is 6.13. The molecular formula is C11H19N3O4. The standard InChI is InChI=1S/C11H19N3O4/c1-8(5-12)6-14(3)10(17)13-7-11(2,18)4-9(15)16/h8,18H,4,6-7H2,1-3H3,(H,13,17)(H,15,16). The summed E-state index contributed by atoms with van der Waals surface area (Å²) in [4.78, 5) is 23.3. The Balaban J connectivity index is 4.17. The average Bonchev–Trinajstić information content (AvgIpc) is 2.23. The summed E-state index contributed by atoms with van der Waals surface area (Å²) in [5.74, 6) is -1.43. The summed E-state index contributed by atoms with van der Waals surface area (Å²) in [5.41, 5.74) is -1.50. The van der Waals surface area contributed by atoms with Crippen molar-refractivity contribution in [1.82, 2.24) is 10.2 Å². The van der Waals surface area contributed by atoms with Crippen LogP contribution in [0.25, 0.3) is 0 Å². The van der Waals surface area contributed by atoms with Crippen LogP contribution >= 0.6 is 0 Å². The van der Waals surface area contributed by atoms with Gasteiger partial charge in [0.15, 0.2) is 0 Å². The minimum Gasteiger partial charge on any atom is -0.481 e. The normalized spacial score (nSPS) is 15.1. The maximum Gasteiger partial charge on any atom is 0.317 e. The maximum atomic E-state index is 11.6. The molecule has 18 heavy (non-hydrogen) atoms. The second kappa shape index (κ2) is 6.81. The van der Waals surface area contributed by atoms with Crippen molar-refractivity contribution >= 4 is 12.0 Å². The zero-order chi connectivity index (χ0) is 14.3. The van der Waals surface area contributed by atoms with E-state index in [0.29, 0.717) is 0 Å². The van der Waals surface area contributed by atoms with Crippen LogP contribution in [0, 0.1) is 17.2 Å². The second-order valence-electron chi connectivity index (χ2n) is 4.64. The first-order valence-electron chi connectivity index (χ1n) is 5.50. The number of nitrogens with zero attached hydrogens (tertiary/aromatic N) is 2. The number of nitriles is 1. The fourth-order valence-electron chi connectivity index (χ4n) is 1.32. The molecule has 0 spiro atoms. The van der Waals surface area contributed by atoms with Gasteiger partial charge >= 0.3 is 12.0 Å². The van der Waals surface area contributed by atoms with Crippen molar-refractivity contribution in [2.24, 2.45) is 5.92 Å². The van der Waals surface area contributed by atoms with E-state index >= 15 is 0 Å². The molecule has 0 saturated heterocycles. The molecule has 0 bridgehead atoms. The largest absolute Gasteiger partial charge is 0.481 e. The maximum absolute atomic E-state index is 11.6. The predicted molar refractivity (Wildman–Crippen MR) is 63.7 cm³/mol. The van der Waals surface area contributed by atoms with Crippen LogP contribution in [-0.4, -0.2) is 52.9 Å². The third kappa shape index (κ3) is 6.70. The molecule has 0 aliphatic rings. The van der Waals surface area contributed by atoms with Crippen molar-refractivity contribution in [3.8, 4) is 6.07 Å². The highest BCUT2D eigenvalue weighted by molar-refractivity contribution is 5.74. The van der Waals surface area contributed by atoms with Crippen LogP contribution in [0.1, 0.15) is 20.3 Å². The molecule has 0 fully saturated rings. The number of carboxylic acids is 1. The monoisotopic (exact) mass is 257 g/mol. The highest BCUT2D eigenvalue weighted by atomic mass is 16.4. The van der Waals surface area contributed by atoms with Crippen molar-refractivity contribution in [2.75, 3.05) is 20.1 Å². The van der Waals surface area contributed by atoms with Gasteiger partial charge < -0.3 is 20.4 Å². The van der Waals surface area contributed by atoms with E-state index in [9.17, 15) is 14.7 Å². The molecule has 2 amide bonds. The number of carbonyl (C=O) groups is 2. The molecule has 3 N–H and O–H groups in total. The quantitative estimate of drug-likeness (QED) is 0.620. The van der Waals surface area contributed by atoms with Crippen LogP contribution in [0.15, 0.2) is 0 Å². The van der Waals surface area contributed by atoms with Crippen molar-refractivity contribution in [1.29, 1.82) is 5.26 Å². The number of aliphatic hydroxyl groups is 1. The van der Waals surface area contributed by atoms with E-state index in [4.69, 9.17) is 10.4 Å². The summed E-state index contributed by atoms with van der Waals surface area (Å²) in [7, 11) is 1.52. The first-order chi connectivity index (χ1) is 8.18. The Morgan fingerprint density at radius 1 is 1.56 bits per heavy atom. The van der Waals surface area contributed by atoms with E-state index in [1.807, 2.05) is 6.07 Å². The van der Waals surface area contributed by atoms with E-state index in [1.165, 1.54) is 18.9 Å². The summed E-state index contributed by atoms with van der Waals surface area (Å²) in [6.07, 6.45) is -0.453. The average molecular weight is 257 g/mol. The topological polar surface area (TPSA) is 114 Å². The number of hydrogen-bond acceptors (Lipinski definition) is 4. The predicted octanol–water partition coefficient (Wildman–Crippen LogP) is 0.0132. The van der Waals surface area contributed by atoms with E-state index < -0.39 is 24.0 Å². The Bertz CT molecular complexity index is 349. The lowest BCUT2D eigenvalue weighted by molar-refractivity contribution is -0.141. The molecule has 0 aliphatic carbocycles. The van der Waals surface area contributed by atoms with Crippen molar-refractivity contribution in [2.45, 2.75) is 25.9 Å². The Morgan fingerprint density at radius 3 is 2.56 bits per heavy atom. The zero-order valence-electron chi connectivity index (χ0n) is 10.8. The molecule has 0 aromatic carbocycles. The smallest absolute Gasteiger partial charge is 0.317 e. The first-order valence-corrected chi connectivity index (χ1v) is 5.50. The molecule has 0 saturated carbocycles. The van der Waals surface area contributed by atoms with Crippen LogP contribution in [-0.2, 0) is 4.79 Å². The molecule has 0 radical (unpaired) electrons. The number of urea groups is 1. The fraction of sp³-hybridized carbons (Fsp3) is 0.727. The molecule has 0 heterocycles. The third-order valence-electron chi connectivity index (χ3n) is 2.27. The van der Waals surface area contributed by atoms with Gasteiger partial charge in [-0.3, -0.25) is 4.79 Å². The number of aliphatic carboxylic acids is 1. The minimum atomic E-state index is -1.50. The fourth-order valence-corrected chi connectivity index (χ4v) is 1.32. The van der Waals surface area contributed by atoms with Gasteiger partial charge in [-0.15, -0.1) is 0 Å². The van der Waals surface area contributed by atoms with Gasteiger partial charge in [-0.25, -0.2) is 4.79 Å². The molecule has 0 aromatic rings. The second-order valence-corrected chi connectivity index (χ2v) is 4.64. The number of carbonyl (C=O) groups excluding carboxylic acids is 1.